The summed E-state index contributed by atoms with van der Waals surface area (Å²) >= 11 is 8.53. The number of benzene rings is 1. The number of furan rings is 1. The van der Waals surface area contributed by atoms with Gasteiger partial charge in [-0.05, 0) is 47.1 Å². The van der Waals surface area contributed by atoms with E-state index in [1.54, 1.807) is 6.26 Å². The molecule has 2 rings (SSSR count). The molecule has 0 fully saturated rings. The number of rotatable bonds is 4. The van der Waals surface area contributed by atoms with E-state index in [2.05, 4.69) is 21.2 Å². The first-order valence-corrected chi connectivity index (χ1v) is 6.68. The average molecular weight is 325 g/mol. The number of thiocarbonyl (C=S) groups is 1. The first-order chi connectivity index (χ1) is 8.59. The molecule has 5 heteroatoms. The van der Waals surface area contributed by atoms with Gasteiger partial charge in [0, 0.05) is 15.7 Å². The number of anilines is 1. The lowest BCUT2D eigenvalue weighted by Crippen LogP contribution is -2.15. The molecule has 0 aliphatic carbocycles. The van der Waals surface area contributed by atoms with Crippen LogP contribution in [0.1, 0.15) is 24.3 Å². The molecule has 18 heavy (non-hydrogen) atoms. The normalized spacial score (nSPS) is 12.1. The Kier molecular flexibility index (Phi) is 4.04. The minimum Gasteiger partial charge on any atom is -0.467 e. The van der Waals surface area contributed by atoms with Gasteiger partial charge < -0.3 is 15.5 Å². The molecular weight excluding hydrogens is 312 g/mol. The van der Waals surface area contributed by atoms with Crippen molar-refractivity contribution in [3.8, 4) is 0 Å². The molecule has 3 N–H and O–H groups in total. The molecule has 3 nitrogen and oxygen atoms in total. The highest BCUT2D eigenvalue weighted by Crippen LogP contribution is 2.28. The van der Waals surface area contributed by atoms with Crippen LogP contribution in [0.15, 0.2) is 45.5 Å². The molecule has 0 spiro atoms. The quantitative estimate of drug-likeness (QED) is 0.839. The Morgan fingerprint density at radius 1 is 1.39 bits per heavy atom. The Labute approximate surface area is 119 Å². The summed E-state index contributed by atoms with van der Waals surface area (Å²) in [7, 11) is 0. The van der Waals surface area contributed by atoms with Crippen LogP contribution >= 0.6 is 28.1 Å². The first-order valence-electron chi connectivity index (χ1n) is 5.48. The third kappa shape index (κ3) is 2.73. The Bertz CT molecular complexity index is 554. The van der Waals surface area contributed by atoms with E-state index in [0.29, 0.717) is 4.99 Å². The standard InChI is InChI=1S/C13H13BrN2OS/c1-8(11-6-3-7-17-11)16-10-5-2-4-9(14)12(10)13(15)18/h2-8,16H,1H3,(H2,15,18). The van der Waals surface area contributed by atoms with E-state index in [-0.39, 0.29) is 6.04 Å². The summed E-state index contributed by atoms with van der Waals surface area (Å²) in [6.07, 6.45) is 1.66. The molecule has 0 aliphatic heterocycles. The fraction of sp³-hybridized carbons (Fsp3) is 0.154. The van der Waals surface area contributed by atoms with Gasteiger partial charge in [-0.15, -0.1) is 0 Å². The van der Waals surface area contributed by atoms with Crippen molar-refractivity contribution in [2.75, 3.05) is 5.32 Å². The van der Waals surface area contributed by atoms with Gasteiger partial charge in [0.2, 0.25) is 0 Å². The molecule has 1 heterocycles. The smallest absolute Gasteiger partial charge is 0.125 e. The second-order valence-corrected chi connectivity index (χ2v) is 5.20. The van der Waals surface area contributed by atoms with Crippen molar-refractivity contribution in [3.05, 3.63) is 52.4 Å². The van der Waals surface area contributed by atoms with E-state index in [4.69, 9.17) is 22.4 Å². The van der Waals surface area contributed by atoms with Crippen molar-refractivity contribution >= 4 is 38.8 Å². The van der Waals surface area contributed by atoms with Crippen LogP contribution in [0.5, 0.6) is 0 Å². The fourth-order valence-electron chi connectivity index (χ4n) is 1.74. The first kappa shape index (κ1) is 13.1. The summed E-state index contributed by atoms with van der Waals surface area (Å²) in [6.45, 7) is 2.02. The minimum absolute atomic E-state index is 0.0439. The van der Waals surface area contributed by atoms with E-state index < -0.39 is 0 Å². The maximum atomic E-state index is 5.75. The van der Waals surface area contributed by atoms with Crippen molar-refractivity contribution in [2.45, 2.75) is 13.0 Å². The van der Waals surface area contributed by atoms with E-state index >= 15 is 0 Å². The predicted octanol–water partition coefficient (Wildman–Crippen LogP) is 3.85. The highest BCUT2D eigenvalue weighted by Gasteiger charge is 2.13. The summed E-state index contributed by atoms with van der Waals surface area (Å²) < 4.78 is 6.24. The Hall–Kier alpha value is -1.33. The van der Waals surface area contributed by atoms with Crippen LogP contribution in [-0.4, -0.2) is 4.99 Å². The lowest BCUT2D eigenvalue weighted by Gasteiger charge is -2.17. The number of hydrogen-bond acceptors (Lipinski definition) is 3. The van der Waals surface area contributed by atoms with Gasteiger partial charge in [-0.1, -0.05) is 18.3 Å². The van der Waals surface area contributed by atoms with Gasteiger partial charge in [0.25, 0.3) is 0 Å². The average Bonchev–Trinajstić information content (AvgIpc) is 2.81. The highest BCUT2D eigenvalue weighted by atomic mass is 79.9. The molecule has 0 aliphatic rings. The topological polar surface area (TPSA) is 51.2 Å². The van der Waals surface area contributed by atoms with Crippen molar-refractivity contribution < 1.29 is 4.42 Å². The molecule has 2 aromatic rings. The number of hydrogen-bond donors (Lipinski definition) is 2. The zero-order valence-electron chi connectivity index (χ0n) is 9.81. The van der Waals surface area contributed by atoms with Gasteiger partial charge in [-0.3, -0.25) is 0 Å². The molecule has 0 amide bonds. The molecule has 1 atom stereocenters. The molecule has 0 bridgehead atoms. The fourth-order valence-corrected chi connectivity index (χ4v) is 2.67. The number of nitrogens with two attached hydrogens (primary N) is 1. The Balaban J connectivity index is 2.29. The zero-order chi connectivity index (χ0) is 13.1. The third-order valence-corrected chi connectivity index (χ3v) is 3.47. The minimum atomic E-state index is 0.0439. The summed E-state index contributed by atoms with van der Waals surface area (Å²) in [5.41, 5.74) is 7.45. The highest BCUT2D eigenvalue weighted by molar-refractivity contribution is 9.10. The molecule has 1 aromatic heterocycles. The molecule has 0 saturated carbocycles. The maximum absolute atomic E-state index is 5.75. The van der Waals surface area contributed by atoms with E-state index in [1.807, 2.05) is 37.3 Å². The monoisotopic (exact) mass is 324 g/mol. The van der Waals surface area contributed by atoms with Gasteiger partial charge >= 0.3 is 0 Å². The zero-order valence-corrected chi connectivity index (χ0v) is 12.2. The molecule has 0 radical (unpaired) electrons. The van der Waals surface area contributed by atoms with Crippen LogP contribution in [-0.2, 0) is 0 Å². The van der Waals surface area contributed by atoms with E-state index in [9.17, 15) is 0 Å². The van der Waals surface area contributed by atoms with Crippen LogP contribution in [0.2, 0.25) is 0 Å². The summed E-state index contributed by atoms with van der Waals surface area (Å²) in [4.78, 5) is 0.358. The lowest BCUT2D eigenvalue weighted by atomic mass is 10.1. The second kappa shape index (κ2) is 5.54. The number of halogens is 1. The summed E-state index contributed by atoms with van der Waals surface area (Å²) in [5, 5.41) is 3.34. The van der Waals surface area contributed by atoms with Crippen molar-refractivity contribution in [3.63, 3.8) is 0 Å². The lowest BCUT2D eigenvalue weighted by molar-refractivity contribution is 0.490. The van der Waals surface area contributed by atoms with Crippen molar-refractivity contribution in [1.29, 1.82) is 0 Å². The molecule has 0 saturated heterocycles. The third-order valence-electron chi connectivity index (χ3n) is 2.60. The van der Waals surface area contributed by atoms with E-state index in [0.717, 1.165) is 21.5 Å². The van der Waals surface area contributed by atoms with Crippen LogP contribution in [0.25, 0.3) is 0 Å². The van der Waals surface area contributed by atoms with Gasteiger partial charge in [0.1, 0.15) is 10.7 Å². The molecule has 1 aromatic carbocycles. The van der Waals surface area contributed by atoms with Crippen LogP contribution in [0, 0.1) is 0 Å². The molecule has 1 unspecified atom stereocenters. The largest absolute Gasteiger partial charge is 0.467 e. The predicted molar refractivity (Wildman–Crippen MR) is 80.8 cm³/mol. The maximum Gasteiger partial charge on any atom is 0.125 e. The van der Waals surface area contributed by atoms with Gasteiger partial charge in [0.15, 0.2) is 0 Å². The van der Waals surface area contributed by atoms with Gasteiger partial charge in [-0.25, -0.2) is 0 Å². The number of nitrogens with one attached hydrogen (secondary N) is 1. The second-order valence-electron chi connectivity index (χ2n) is 3.91. The molecular formula is C13H13BrN2OS. The SMILES string of the molecule is CC(Nc1cccc(Br)c1C(N)=S)c1ccco1. The van der Waals surface area contributed by atoms with Crippen LogP contribution in [0.4, 0.5) is 5.69 Å². The van der Waals surface area contributed by atoms with Gasteiger partial charge in [-0.2, -0.15) is 0 Å². The Morgan fingerprint density at radius 2 is 2.17 bits per heavy atom. The molecule has 94 valence electrons. The van der Waals surface area contributed by atoms with Crippen molar-refractivity contribution in [2.24, 2.45) is 5.73 Å². The van der Waals surface area contributed by atoms with Crippen LogP contribution < -0.4 is 11.1 Å². The van der Waals surface area contributed by atoms with Crippen LogP contribution in [0.3, 0.4) is 0 Å². The van der Waals surface area contributed by atoms with Crippen molar-refractivity contribution in [1.82, 2.24) is 0 Å². The van der Waals surface area contributed by atoms with E-state index in [1.165, 1.54) is 0 Å². The Morgan fingerprint density at radius 3 is 2.78 bits per heavy atom. The summed E-state index contributed by atoms with van der Waals surface area (Å²) in [6, 6.07) is 9.63. The van der Waals surface area contributed by atoms with Gasteiger partial charge in [0.05, 0.1) is 12.3 Å². The summed E-state index contributed by atoms with van der Waals surface area (Å²) in [5.74, 6) is 0.865.